The number of rotatable bonds is 9. The standard InChI is InChI=1S/C26H45N5O6Si2/c1-18(32)34-14-19-13-30(24(33)29-23(19)31-17-27-16-28-31)22-12-20(37-39(10,11)26(5,6)7)21(36-22)15-35-38(8,9)25(2,3)4/h13,16-17,20-22H,12,14-15H2,1-11H3/t20-,21+,22+/m0/s1. The summed E-state index contributed by atoms with van der Waals surface area (Å²) >= 11 is 0. The van der Waals surface area contributed by atoms with Gasteiger partial charge in [0.25, 0.3) is 0 Å². The Labute approximate surface area is 233 Å². The summed E-state index contributed by atoms with van der Waals surface area (Å²) in [6.45, 7) is 23.7. The van der Waals surface area contributed by atoms with E-state index in [-0.39, 0.29) is 34.7 Å². The van der Waals surface area contributed by atoms with Crippen molar-refractivity contribution in [1.29, 1.82) is 0 Å². The van der Waals surface area contributed by atoms with Gasteiger partial charge in [-0.15, -0.1) is 0 Å². The number of carbonyl (C=O) groups excluding carboxylic acids is 1. The Balaban J connectivity index is 1.96. The molecular formula is C26H45N5O6Si2. The van der Waals surface area contributed by atoms with Gasteiger partial charge in [0.1, 0.15) is 31.6 Å². The molecule has 1 fully saturated rings. The van der Waals surface area contributed by atoms with Crippen LogP contribution in [0, 0.1) is 0 Å². The Hall–Kier alpha value is -2.20. The van der Waals surface area contributed by atoms with E-state index in [0.717, 1.165) is 0 Å². The monoisotopic (exact) mass is 579 g/mol. The Morgan fingerprint density at radius 3 is 2.28 bits per heavy atom. The van der Waals surface area contributed by atoms with Crippen LogP contribution in [-0.4, -0.2) is 65.7 Å². The lowest BCUT2D eigenvalue weighted by Gasteiger charge is -2.40. The minimum absolute atomic E-state index is 0.00492. The van der Waals surface area contributed by atoms with Crippen LogP contribution in [0.5, 0.6) is 0 Å². The molecule has 3 atom stereocenters. The second kappa shape index (κ2) is 11.4. The molecule has 0 aliphatic carbocycles. The molecule has 39 heavy (non-hydrogen) atoms. The first kappa shape index (κ1) is 31.3. The molecule has 218 valence electrons. The molecule has 11 nitrogen and oxygen atoms in total. The number of hydrogen-bond donors (Lipinski definition) is 0. The number of esters is 1. The van der Waals surface area contributed by atoms with Crippen LogP contribution in [-0.2, 0) is 29.7 Å². The van der Waals surface area contributed by atoms with Crippen LogP contribution >= 0.6 is 0 Å². The molecule has 1 aliphatic heterocycles. The van der Waals surface area contributed by atoms with Crippen LogP contribution in [0.1, 0.15) is 66.7 Å². The van der Waals surface area contributed by atoms with Gasteiger partial charge >= 0.3 is 11.7 Å². The summed E-state index contributed by atoms with van der Waals surface area (Å²) in [4.78, 5) is 33.0. The maximum absolute atomic E-state index is 13.3. The molecule has 3 rings (SSSR count). The van der Waals surface area contributed by atoms with E-state index in [0.29, 0.717) is 18.6 Å². The Morgan fingerprint density at radius 1 is 1.10 bits per heavy atom. The fourth-order valence-electron chi connectivity index (χ4n) is 3.71. The van der Waals surface area contributed by atoms with Gasteiger partial charge in [0, 0.05) is 19.5 Å². The maximum Gasteiger partial charge on any atom is 0.351 e. The summed E-state index contributed by atoms with van der Waals surface area (Å²) in [6.07, 6.45) is 3.66. The summed E-state index contributed by atoms with van der Waals surface area (Å²) in [5.41, 5.74) is -0.00384. The first-order chi connectivity index (χ1) is 17.8. The van der Waals surface area contributed by atoms with Crippen LogP contribution < -0.4 is 5.69 Å². The highest BCUT2D eigenvalue weighted by molar-refractivity contribution is 6.74. The van der Waals surface area contributed by atoms with Crippen LogP contribution in [0.2, 0.25) is 36.3 Å². The van der Waals surface area contributed by atoms with Gasteiger partial charge in [-0.25, -0.2) is 14.5 Å². The lowest BCUT2D eigenvalue weighted by molar-refractivity contribution is -0.142. The second-order valence-electron chi connectivity index (χ2n) is 13.3. The summed E-state index contributed by atoms with van der Waals surface area (Å²) < 4.78 is 27.9. The van der Waals surface area contributed by atoms with Crippen molar-refractivity contribution in [3.63, 3.8) is 0 Å². The van der Waals surface area contributed by atoms with Gasteiger partial charge in [0.05, 0.1) is 18.3 Å². The number of aromatic nitrogens is 5. The molecule has 0 N–H and O–H groups in total. The fraction of sp³-hybridized carbons (Fsp3) is 0.731. The SMILES string of the molecule is CC(=O)OCc1cn([C@H]2C[C@H](O[Si](C)(C)C(C)(C)C)[C@@H](CO[Si](C)(C)C(C)(C)C)O2)c(=O)nc1-n1cncn1. The number of ether oxygens (including phenoxy) is 2. The minimum Gasteiger partial charge on any atom is -0.461 e. The van der Waals surface area contributed by atoms with E-state index in [4.69, 9.17) is 18.3 Å². The molecule has 13 heteroatoms. The fourth-order valence-corrected chi connectivity index (χ4v) is 6.08. The molecular weight excluding hydrogens is 534 g/mol. The summed E-state index contributed by atoms with van der Waals surface area (Å²) in [7, 11) is -4.20. The zero-order valence-corrected chi connectivity index (χ0v) is 27.3. The topological polar surface area (TPSA) is 120 Å². The Bertz CT molecular complexity index is 1200. The average molecular weight is 580 g/mol. The third-order valence-corrected chi connectivity index (χ3v) is 17.2. The second-order valence-corrected chi connectivity index (χ2v) is 22.8. The Morgan fingerprint density at radius 2 is 1.74 bits per heavy atom. The summed E-state index contributed by atoms with van der Waals surface area (Å²) in [5, 5.41) is 4.14. The lowest BCUT2D eigenvalue weighted by Crippen LogP contribution is -2.48. The van der Waals surface area contributed by atoms with Crippen molar-refractivity contribution in [2.45, 2.75) is 116 Å². The molecule has 0 bridgehead atoms. The molecule has 2 aromatic rings. The maximum atomic E-state index is 13.3. The Kier molecular flexibility index (Phi) is 9.12. The molecule has 0 amide bonds. The van der Waals surface area contributed by atoms with Crippen LogP contribution in [0.15, 0.2) is 23.6 Å². The highest BCUT2D eigenvalue weighted by Gasteiger charge is 2.47. The van der Waals surface area contributed by atoms with E-state index in [2.05, 4.69) is 82.8 Å². The van der Waals surface area contributed by atoms with E-state index in [1.54, 1.807) is 6.20 Å². The van der Waals surface area contributed by atoms with E-state index in [1.165, 1.54) is 28.8 Å². The van der Waals surface area contributed by atoms with Gasteiger partial charge in [0.2, 0.25) is 0 Å². The lowest BCUT2D eigenvalue weighted by atomic mass is 10.2. The smallest absolute Gasteiger partial charge is 0.351 e. The van der Waals surface area contributed by atoms with Gasteiger partial charge < -0.3 is 18.3 Å². The normalized spacial score (nSPS) is 20.8. The molecule has 1 aliphatic rings. The van der Waals surface area contributed by atoms with Crippen LogP contribution in [0.3, 0.4) is 0 Å². The van der Waals surface area contributed by atoms with Crippen molar-refractivity contribution in [2.24, 2.45) is 0 Å². The molecule has 1 saturated heterocycles. The van der Waals surface area contributed by atoms with Crippen molar-refractivity contribution in [3.05, 3.63) is 34.9 Å². The van der Waals surface area contributed by atoms with E-state index >= 15 is 0 Å². The van der Waals surface area contributed by atoms with Gasteiger partial charge in [-0.05, 0) is 36.3 Å². The molecule has 0 aromatic carbocycles. The number of nitrogens with zero attached hydrogens (tertiary/aromatic N) is 5. The number of carbonyl (C=O) groups is 1. The summed E-state index contributed by atoms with van der Waals surface area (Å²) in [5.74, 6) is -0.194. The van der Waals surface area contributed by atoms with Gasteiger partial charge in [-0.3, -0.25) is 9.36 Å². The number of hydrogen-bond acceptors (Lipinski definition) is 9. The van der Waals surface area contributed by atoms with Crippen LogP contribution in [0.4, 0.5) is 0 Å². The third kappa shape index (κ3) is 7.31. The zero-order valence-electron chi connectivity index (χ0n) is 25.3. The molecule has 0 spiro atoms. The highest BCUT2D eigenvalue weighted by atomic mass is 28.4. The van der Waals surface area contributed by atoms with Crippen molar-refractivity contribution in [2.75, 3.05) is 6.61 Å². The highest BCUT2D eigenvalue weighted by Crippen LogP contribution is 2.42. The van der Waals surface area contributed by atoms with Crippen LogP contribution in [0.25, 0.3) is 5.82 Å². The van der Waals surface area contributed by atoms with Gasteiger partial charge in [-0.2, -0.15) is 10.1 Å². The van der Waals surface area contributed by atoms with Gasteiger partial charge in [0.15, 0.2) is 22.5 Å². The summed E-state index contributed by atoms with van der Waals surface area (Å²) in [6, 6.07) is 0. The van der Waals surface area contributed by atoms with E-state index < -0.39 is 34.5 Å². The third-order valence-electron chi connectivity index (χ3n) is 8.23. The quantitative estimate of drug-likeness (QED) is 0.310. The molecule has 3 heterocycles. The predicted molar refractivity (Wildman–Crippen MR) is 153 cm³/mol. The van der Waals surface area contributed by atoms with E-state index in [9.17, 15) is 9.59 Å². The largest absolute Gasteiger partial charge is 0.461 e. The first-order valence-electron chi connectivity index (χ1n) is 13.4. The molecule has 2 aromatic heterocycles. The molecule has 0 radical (unpaired) electrons. The molecule has 0 saturated carbocycles. The minimum atomic E-state index is -2.15. The molecule has 0 unspecified atom stereocenters. The predicted octanol–water partition coefficient (Wildman–Crippen LogP) is 4.59. The van der Waals surface area contributed by atoms with Gasteiger partial charge in [-0.1, -0.05) is 41.5 Å². The zero-order chi connectivity index (χ0) is 29.4. The average Bonchev–Trinajstić information content (AvgIpc) is 3.45. The van der Waals surface area contributed by atoms with Crippen molar-refractivity contribution >= 4 is 22.6 Å². The van der Waals surface area contributed by atoms with E-state index in [1.807, 2.05) is 0 Å². The van der Waals surface area contributed by atoms with Crippen molar-refractivity contribution in [3.8, 4) is 5.82 Å². The first-order valence-corrected chi connectivity index (χ1v) is 19.2. The van der Waals surface area contributed by atoms with Crippen molar-refractivity contribution < 1.29 is 23.1 Å². The van der Waals surface area contributed by atoms with Crippen molar-refractivity contribution in [1.82, 2.24) is 24.3 Å².